The van der Waals surface area contributed by atoms with Gasteiger partial charge in [-0.15, -0.1) is 0 Å². The molecule has 0 spiro atoms. The number of hydrogen-bond acceptors (Lipinski definition) is 3. The Kier molecular flexibility index (Phi) is 4.79. The topological polar surface area (TPSA) is 32.8 Å². The minimum atomic E-state index is -0.208. The van der Waals surface area contributed by atoms with Crippen LogP contribution in [0.2, 0.25) is 0 Å². The fourth-order valence-electron chi connectivity index (χ4n) is 3.37. The molecule has 1 aromatic carbocycles. The Morgan fingerprint density at radius 1 is 1.09 bits per heavy atom. The molecule has 2 heterocycles. The third-order valence-electron chi connectivity index (χ3n) is 5.02. The normalized spacial score (nSPS) is 22.5. The lowest BCUT2D eigenvalue weighted by Crippen LogP contribution is -2.53. The minimum absolute atomic E-state index is 0.208. The van der Waals surface area contributed by atoms with Crippen molar-refractivity contribution in [1.82, 2.24) is 9.80 Å². The van der Waals surface area contributed by atoms with Crippen LogP contribution in [0, 0.1) is 5.41 Å². The van der Waals surface area contributed by atoms with Gasteiger partial charge in [-0.05, 0) is 18.4 Å². The van der Waals surface area contributed by atoms with Crippen LogP contribution in [0.1, 0.15) is 25.3 Å². The number of nitrogens with zero attached hydrogens (tertiary/aromatic N) is 2. The van der Waals surface area contributed by atoms with Gasteiger partial charge < -0.3 is 9.64 Å². The second-order valence-corrected chi connectivity index (χ2v) is 6.73. The SMILES string of the molecule is CC1(C(=O)N2CCN(Cc3ccccc3)CC2)CCOCC1. The molecular formula is C18H26N2O2. The summed E-state index contributed by atoms with van der Waals surface area (Å²) in [6.07, 6.45) is 1.71. The first-order valence-corrected chi connectivity index (χ1v) is 8.31. The fraction of sp³-hybridized carbons (Fsp3) is 0.611. The van der Waals surface area contributed by atoms with E-state index in [-0.39, 0.29) is 5.41 Å². The predicted octanol–water partition coefficient (Wildman–Crippen LogP) is 2.15. The highest BCUT2D eigenvalue weighted by molar-refractivity contribution is 5.82. The highest BCUT2D eigenvalue weighted by Crippen LogP contribution is 2.32. The van der Waals surface area contributed by atoms with Gasteiger partial charge in [0.05, 0.1) is 5.41 Å². The van der Waals surface area contributed by atoms with E-state index in [2.05, 4.69) is 47.1 Å². The molecule has 0 saturated carbocycles. The van der Waals surface area contributed by atoms with Crippen molar-refractivity contribution >= 4 is 5.91 Å². The van der Waals surface area contributed by atoms with Crippen molar-refractivity contribution in [2.75, 3.05) is 39.4 Å². The molecule has 0 N–H and O–H groups in total. The summed E-state index contributed by atoms with van der Waals surface area (Å²) in [6, 6.07) is 10.6. The maximum atomic E-state index is 12.8. The molecular weight excluding hydrogens is 276 g/mol. The van der Waals surface area contributed by atoms with Gasteiger partial charge in [-0.25, -0.2) is 0 Å². The average molecular weight is 302 g/mol. The van der Waals surface area contributed by atoms with E-state index in [1.807, 2.05) is 0 Å². The van der Waals surface area contributed by atoms with Crippen LogP contribution in [-0.4, -0.2) is 55.1 Å². The Labute approximate surface area is 133 Å². The first kappa shape index (κ1) is 15.5. The quantitative estimate of drug-likeness (QED) is 0.857. The Bertz CT molecular complexity index is 489. The van der Waals surface area contributed by atoms with Crippen LogP contribution in [0.4, 0.5) is 0 Å². The van der Waals surface area contributed by atoms with Crippen LogP contribution < -0.4 is 0 Å². The van der Waals surface area contributed by atoms with E-state index in [4.69, 9.17) is 4.74 Å². The molecule has 2 fully saturated rings. The monoisotopic (exact) mass is 302 g/mol. The Morgan fingerprint density at radius 2 is 1.73 bits per heavy atom. The second kappa shape index (κ2) is 6.80. The smallest absolute Gasteiger partial charge is 0.228 e. The summed E-state index contributed by atoms with van der Waals surface area (Å²) in [6.45, 7) is 8.15. The largest absolute Gasteiger partial charge is 0.381 e. The predicted molar refractivity (Wildman–Crippen MR) is 86.5 cm³/mol. The molecule has 22 heavy (non-hydrogen) atoms. The van der Waals surface area contributed by atoms with Crippen molar-refractivity contribution in [2.45, 2.75) is 26.3 Å². The molecule has 2 saturated heterocycles. The lowest BCUT2D eigenvalue weighted by atomic mass is 9.81. The lowest BCUT2D eigenvalue weighted by Gasteiger charge is -2.41. The zero-order valence-corrected chi connectivity index (χ0v) is 13.5. The molecule has 0 atom stereocenters. The van der Waals surface area contributed by atoms with Gasteiger partial charge in [-0.2, -0.15) is 0 Å². The van der Waals surface area contributed by atoms with Crippen LogP contribution in [-0.2, 0) is 16.1 Å². The summed E-state index contributed by atoms with van der Waals surface area (Å²) in [5, 5.41) is 0. The summed E-state index contributed by atoms with van der Waals surface area (Å²) < 4.78 is 5.41. The van der Waals surface area contributed by atoms with E-state index in [0.717, 1.165) is 58.8 Å². The molecule has 1 amide bonds. The lowest BCUT2D eigenvalue weighted by molar-refractivity contribution is -0.148. The zero-order chi connectivity index (χ0) is 15.4. The number of hydrogen-bond donors (Lipinski definition) is 0. The molecule has 3 rings (SSSR count). The summed E-state index contributed by atoms with van der Waals surface area (Å²) in [4.78, 5) is 17.3. The maximum Gasteiger partial charge on any atom is 0.228 e. The standard InChI is InChI=1S/C18H26N2O2/c1-18(7-13-22-14-8-18)17(21)20-11-9-19(10-12-20)15-16-5-3-2-4-6-16/h2-6H,7-15H2,1H3. The van der Waals surface area contributed by atoms with E-state index in [1.165, 1.54) is 5.56 Å². The van der Waals surface area contributed by atoms with Gasteiger partial charge in [0, 0.05) is 45.9 Å². The van der Waals surface area contributed by atoms with E-state index in [9.17, 15) is 4.79 Å². The van der Waals surface area contributed by atoms with Crippen LogP contribution in [0.3, 0.4) is 0 Å². The van der Waals surface area contributed by atoms with Crippen molar-refractivity contribution in [2.24, 2.45) is 5.41 Å². The molecule has 4 nitrogen and oxygen atoms in total. The molecule has 120 valence electrons. The summed E-state index contributed by atoms with van der Waals surface area (Å²) in [5.41, 5.74) is 1.14. The number of piperazine rings is 1. The third-order valence-corrected chi connectivity index (χ3v) is 5.02. The van der Waals surface area contributed by atoms with Gasteiger partial charge >= 0.3 is 0 Å². The number of ether oxygens (including phenoxy) is 1. The minimum Gasteiger partial charge on any atom is -0.381 e. The molecule has 2 aliphatic heterocycles. The molecule has 0 aliphatic carbocycles. The Balaban J connectivity index is 1.52. The van der Waals surface area contributed by atoms with Crippen LogP contribution in [0.25, 0.3) is 0 Å². The molecule has 0 radical (unpaired) electrons. The summed E-state index contributed by atoms with van der Waals surface area (Å²) >= 11 is 0. The van der Waals surface area contributed by atoms with Crippen LogP contribution in [0.5, 0.6) is 0 Å². The highest BCUT2D eigenvalue weighted by atomic mass is 16.5. The number of rotatable bonds is 3. The van der Waals surface area contributed by atoms with Gasteiger partial charge in [-0.3, -0.25) is 9.69 Å². The molecule has 0 aromatic heterocycles. The van der Waals surface area contributed by atoms with E-state index >= 15 is 0 Å². The van der Waals surface area contributed by atoms with Crippen LogP contribution in [0.15, 0.2) is 30.3 Å². The molecule has 0 unspecified atom stereocenters. The van der Waals surface area contributed by atoms with Gasteiger partial charge in [0.1, 0.15) is 0 Å². The van der Waals surface area contributed by atoms with Gasteiger partial charge in [0.2, 0.25) is 5.91 Å². The highest BCUT2D eigenvalue weighted by Gasteiger charge is 2.38. The summed E-state index contributed by atoms with van der Waals surface area (Å²) in [5.74, 6) is 0.329. The van der Waals surface area contributed by atoms with E-state index in [1.54, 1.807) is 0 Å². The third kappa shape index (κ3) is 3.50. The zero-order valence-electron chi connectivity index (χ0n) is 13.5. The summed E-state index contributed by atoms with van der Waals surface area (Å²) in [7, 11) is 0. The van der Waals surface area contributed by atoms with Crippen molar-refractivity contribution < 1.29 is 9.53 Å². The molecule has 1 aromatic rings. The number of amides is 1. The molecule has 2 aliphatic rings. The number of carbonyl (C=O) groups is 1. The maximum absolute atomic E-state index is 12.8. The van der Waals surface area contributed by atoms with Crippen molar-refractivity contribution in [3.8, 4) is 0 Å². The fourth-order valence-corrected chi connectivity index (χ4v) is 3.37. The van der Waals surface area contributed by atoms with Gasteiger partial charge in [0.15, 0.2) is 0 Å². The van der Waals surface area contributed by atoms with Crippen molar-refractivity contribution in [3.05, 3.63) is 35.9 Å². The first-order valence-electron chi connectivity index (χ1n) is 8.31. The molecule has 4 heteroatoms. The Hall–Kier alpha value is -1.39. The van der Waals surface area contributed by atoms with Crippen molar-refractivity contribution in [3.63, 3.8) is 0 Å². The Morgan fingerprint density at radius 3 is 2.36 bits per heavy atom. The van der Waals surface area contributed by atoms with Crippen molar-refractivity contribution in [1.29, 1.82) is 0 Å². The van der Waals surface area contributed by atoms with Gasteiger partial charge in [-0.1, -0.05) is 37.3 Å². The van der Waals surface area contributed by atoms with E-state index < -0.39 is 0 Å². The van der Waals surface area contributed by atoms with Gasteiger partial charge in [0.25, 0.3) is 0 Å². The second-order valence-electron chi connectivity index (χ2n) is 6.73. The van der Waals surface area contributed by atoms with E-state index in [0.29, 0.717) is 5.91 Å². The number of benzene rings is 1. The first-order chi connectivity index (χ1) is 10.7. The average Bonchev–Trinajstić information content (AvgIpc) is 2.56. The molecule has 0 bridgehead atoms. The van der Waals surface area contributed by atoms with Crippen LogP contribution >= 0.6 is 0 Å². The number of carbonyl (C=O) groups excluding carboxylic acids is 1.